The van der Waals surface area contributed by atoms with Crippen LogP contribution in [0.5, 0.6) is 5.75 Å². The van der Waals surface area contributed by atoms with Gasteiger partial charge in [0.2, 0.25) is 0 Å². The van der Waals surface area contributed by atoms with E-state index in [0.717, 1.165) is 24.2 Å². The third-order valence-electron chi connectivity index (χ3n) is 6.56. The molecule has 0 radical (unpaired) electrons. The van der Waals surface area contributed by atoms with Gasteiger partial charge in [0, 0.05) is 23.2 Å². The topological polar surface area (TPSA) is 84.5 Å². The largest absolute Gasteiger partial charge is 0.487 e. The molecular formula is C27H30N2O4S. The Morgan fingerprint density at radius 3 is 2.38 bits per heavy atom. The maximum Gasteiger partial charge on any atom is 0.262 e. The van der Waals surface area contributed by atoms with E-state index in [-0.39, 0.29) is 22.4 Å². The van der Waals surface area contributed by atoms with Gasteiger partial charge in [0.25, 0.3) is 15.9 Å². The van der Waals surface area contributed by atoms with Crippen molar-refractivity contribution in [3.63, 3.8) is 0 Å². The molecule has 1 amide bonds. The molecule has 34 heavy (non-hydrogen) atoms. The quantitative estimate of drug-likeness (QED) is 0.462. The number of carbonyl (C=O) groups excluding carboxylic acids is 1. The minimum absolute atomic E-state index is 0.0767. The van der Waals surface area contributed by atoms with Crippen molar-refractivity contribution in [3.05, 3.63) is 89.5 Å². The Kier molecular flexibility index (Phi) is 6.66. The second kappa shape index (κ2) is 9.50. The number of anilines is 1. The molecule has 0 saturated heterocycles. The zero-order valence-electron chi connectivity index (χ0n) is 19.7. The lowest BCUT2D eigenvalue weighted by Crippen LogP contribution is -2.44. The van der Waals surface area contributed by atoms with Gasteiger partial charge in [-0.25, -0.2) is 8.42 Å². The van der Waals surface area contributed by atoms with E-state index in [9.17, 15) is 13.2 Å². The number of hydrogen-bond acceptors (Lipinski definition) is 4. The van der Waals surface area contributed by atoms with Crippen molar-refractivity contribution in [2.75, 3.05) is 4.72 Å². The molecule has 3 aromatic rings. The second-order valence-electron chi connectivity index (χ2n) is 8.71. The van der Waals surface area contributed by atoms with Crippen LogP contribution in [0, 0.1) is 6.92 Å². The van der Waals surface area contributed by atoms with E-state index >= 15 is 0 Å². The number of fused-ring (bicyclic) bond motifs is 1. The molecule has 7 heteroatoms. The Hall–Kier alpha value is -3.32. The predicted octanol–water partition coefficient (Wildman–Crippen LogP) is 5.61. The van der Waals surface area contributed by atoms with Gasteiger partial charge >= 0.3 is 0 Å². The van der Waals surface area contributed by atoms with Gasteiger partial charge in [0.15, 0.2) is 0 Å². The molecule has 2 N–H and O–H groups in total. The number of ether oxygens (including phenoxy) is 1. The lowest BCUT2D eigenvalue weighted by Gasteiger charge is -2.41. The maximum absolute atomic E-state index is 13.3. The van der Waals surface area contributed by atoms with Gasteiger partial charge in [0.05, 0.1) is 10.9 Å². The third-order valence-corrected chi connectivity index (χ3v) is 8.08. The summed E-state index contributed by atoms with van der Waals surface area (Å²) in [5.74, 6) is 0.459. The summed E-state index contributed by atoms with van der Waals surface area (Å²) in [5, 5.41) is 3.13. The van der Waals surface area contributed by atoms with E-state index in [1.54, 1.807) is 43.3 Å². The van der Waals surface area contributed by atoms with Crippen LogP contribution in [-0.4, -0.2) is 19.9 Å². The second-order valence-corrected chi connectivity index (χ2v) is 10.4. The van der Waals surface area contributed by atoms with Crippen molar-refractivity contribution in [1.82, 2.24) is 5.32 Å². The fourth-order valence-corrected chi connectivity index (χ4v) is 5.75. The zero-order valence-corrected chi connectivity index (χ0v) is 20.5. The van der Waals surface area contributed by atoms with Crippen LogP contribution < -0.4 is 14.8 Å². The Morgan fingerprint density at radius 2 is 1.68 bits per heavy atom. The molecule has 178 valence electrons. The molecule has 1 unspecified atom stereocenters. The summed E-state index contributed by atoms with van der Waals surface area (Å²) < 4.78 is 35.0. The van der Waals surface area contributed by atoms with Crippen molar-refractivity contribution in [1.29, 1.82) is 0 Å². The average Bonchev–Trinajstić information content (AvgIpc) is 2.84. The summed E-state index contributed by atoms with van der Waals surface area (Å²) in [6.07, 6.45) is 2.29. The number of benzene rings is 3. The molecule has 0 spiro atoms. The first-order chi connectivity index (χ1) is 16.3. The molecule has 1 heterocycles. The zero-order chi connectivity index (χ0) is 24.3. The van der Waals surface area contributed by atoms with Gasteiger partial charge in [-0.2, -0.15) is 0 Å². The first-order valence-corrected chi connectivity index (χ1v) is 13.0. The SMILES string of the molecule is CCC1(CC)CC(NC(=O)c2ccc(C)c(S(=O)(=O)Nc3ccccc3)c2)c2ccccc2O1. The number of amides is 1. The molecule has 4 rings (SSSR count). The maximum atomic E-state index is 13.3. The monoisotopic (exact) mass is 478 g/mol. The van der Waals surface area contributed by atoms with Crippen LogP contribution in [0.1, 0.15) is 60.6 Å². The number of carbonyl (C=O) groups is 1. The standard InChI is InChI=1S/C27H30N2O4S/c1-4-27(5-2)18-23(22-13-9-10-14-24(22)33-27)28-26(30)20-16-15-19(3)25(17-20)34(31,32)29-21-11-7-6-8-12-21/h6-17,23,29H,4-5,18H2,1-3H3,(H,28,30). The average molecular weight is 479 g/mol. The highest BCUT2D eigenvalue weighted by atomic mass is 32.2. The summed E-state index contributed by atoms with van der Waals surface area (Å²) in [6, 6.07) is 21.0. The molecule has 6 nitrogen and oxygen atoms in total. The lowest BCUT2D eigenvalue weighted by atomic mass is 9.83. The van der Waals surface area contributed by atoms with Crippen molar-refractivity contribution >= 4 is 21.6 Å². The van der Waals surface area contributed by atoms with Gasteiger partial charge in [-0.15, -0.1) is 0 Å². The van der Waals surface area contributed by atoms with E-state index in [1.807, 2.05) is 30.3 Å². The normalized spacial score (nSPS) is 16.7. The van der Waals surface area contributed by atoms with E-state index in [2.05, 4.69) is 23.9 Å². The molecule has 3 aromatic carbocycles. The summed E-state index contributed by atoms with van der Waals surface area (Å²) >= 11 is 0. The Balaban J connectivity index is 1.62. The molecule has 1 atom stereocenters. The molecule has 1 aliphatic rings. The first-order valence-electron chi connectivity index (χ1n) is 11.5. The smallest absolute Gasteiger partial charge is 0.262 e. The van der Waals surface area contributed by atoms with Crippen molar-refractivity contribution in [2.24, 2.45) is 0 Å². The molecule has 0 fully saturated rings. The summed E-state index contributed by atoms with van der Waals surface area (Å²) in [4.78, 5) is 13.4. The highest BCUT2D eigenvalue weighted by Gasteiger charge is 2.39. The van der Waals surface area contributed by atoms with Crippen LogP contribution >= 0.6 is 0 Å². The molecule has 0 saturated carbocycles. The van der Waals surface area contributed by atoms with E-state index in [4.69, 9.17) is 4.74 Å². The number of aryl methyl sites for hydroxylation is 1. The van der Waals surface area contributed by atoms with Crippen LogP contribution in [0.25, 0.3) is 0 Å². The highest BCUT2D eigenvalue weighted by Crippen LogP contribution is 2.42. The van der Waals surface area contributed by atoms with Crippen LogP contribution in [0.2, 0.25) is 0 Å². The van der Waals surface area contributed by atoms with Gasteiger partial charge in [0.1, 0.15) is 11.4 Å². The van der Waals surface area contributed by atoms with Crippen LogP contribution in [0.3, 0.4) is 0 Å². The van der Waals surface area contributed by atoms with Crippen molar-refractivity contribution in [3.8, 4) is 5.75 Å². The summed E-state index contributed by atoms with van der Waals surface area (Å²) in [6.45, 7) is 5.90. The molecular weight excluding hydrogens is 448 g/mol. The van der Waals surface area contributed by atoms with Gasteiger partial charge < -0.3 is 10.1 Å². The number of hydrogen-bond donors (Lipinski definition) is 2. The van der Waals surface area contributed by atoms with Crippen molar-refractivity contribution in [2.45, 2.75) is 56.6 Å². The minimum atomic E-state index is -3.86. The van der Waals surface area contributed by atoms with Crippen LogP contribution in [0.4, 0.5) is 5.69 Å². The number of sulfonamides is 1. The minimum Gasteiger partial charge on any atom is -0.487 e. The molecule has 1 aliphatic heterocycles. The number of nitrogens with one attached hydrogen (secondary N) is 2. The van der Waals surface area contributed by atoms with Gasteiger partial charge in [-0.05, 0) is 55.7 Å². The Bertz CT molecular complexity index is 1280. The summed E-state index contributed by atoms with van der Waals surface area (Å²) in [7, 11) is -3.86. The third kappa shape index (κ3) is 4.80. The van der Waals surface area contributed by atoms with Gasteiger partial charge in [-0.1, -0.05) is 56.3 Å². The fraction of sp³-hybridized carbons (Fsp3) is 0.296. The van der Waals surface area contributed by atoms with Crippen LogP contribution in [-0.2, 0) is 10.0 Å². The van der Waals surface area contributed by atoms with Crippen LogP contribution in [0.15, 0.2) is 77.7 Å². The number of rotatable bonds is 7. The predicted molar refractivity (Wildman–Crippen MR) is 134 cm³/mol. The molecule has 0 bridgehead atoms. The molecule has 0 aliphatic carbocycles. The van der Waals surface area contributed by atoms with E-state index in [1.165, 1.54) is 6.07 Å². The fourth-order valence-electron chi connectivity index (χ4n) is 4.42. The highest BCUT2D eigenvalue weighted by molar-refractivity contribution is 7.92. The van der Waals surface area contributed by atoms with E-state index in [0.29, 0.717) is 23.2 Å². The number of para-hydroxylation sites is 2. The Labute approximate surface area is 201 Å². The summed E-state index contributed by atoms with van der Waals surface area (Å²) in [5.41, 5.74) is 1.90. The Morgan fingerprint density at radius 1 is 1.00 bits per heavy atom. The van der Waals surface area contributed by atoms with Gasteiger partial charge in [-0.3, -0.25) is 9.52 Å². The molecule has 0 aromatic heterocycles. The van der Waals surface area contributed by atoms with E-state index < -0.39 is 10.0 Å². The lowest BCUT2D eigenvalue weighted by molar-refractivity contribution is 0.0227. The van der Waals surface area contributed by atoms with Crippen molar-refractivity contribution < 1.29 is 17.9 Å². The first kappa shape index (κ1) is 23.8.